The fourth-order valence-electron chi connectivity index (χ4n) is 4.03. The zero-order valence-corrected chi connectivity index (χ0v) is 19.4. The number of halogens is 1. The van der Waals surface area contributed by atoms with Crippen molar-refractivity contribution in [3.8, 4) is 11.5 Å². The SMILES string of the molecule is O=C(COC(=O)c1ccc(N2C(=O)CC(NCc3ccc4c(c3)OCO4)C2=O)cc1)c1ccc(F)cc1. The van der Waals surface area contributed by atoms with Crippen LogP contribution in [0.25, 0.3) is 0 Å². The number of hydrogen-bond donors (Lipinski definition) is 1. The third-order valence-corrected chi connectivity index (χ3v) is 6.00. The van der Waals surface area contributed by atoms with Gasteiger partial charge in [0, 0.05) is 12.1 Å². The van der Waals surface area contributed by atoms with Crippen LogP contribution in [-0.2, 0) is 20.9 Å². The average molecular weight is 504 g/mol. The summed E-state index contributed by atoms with van der Waals surface area (Å²) in [7, 11) is 0. The number of carbonyl (C=O) groups excluding carboxylic acids is 4. The molecule has 37 heavy (non-hydrogen) atoms. The number of hydrogen-bond acceptors (Lipinski definition) is 8. The van der Waals surface area contributed by atoms with Gasteiger partial charge in [0.05, 0.1) is 23.7 Å². The van der Waals surface area contributed by atoms with Crippen molar-refractivity contribution in [2.75, 3.05) is 18.3 Å². The molecule has 0 radical (unpaired) electrons. The van der Waals surface area contributed by atoms with E-state index in [2.05, 4.69) is 5.32 Å². The van der Waals surface area contributed by atoms with Crippen LogP contribution in [0.4, 0.5) is 10.1 Å². The molecule has 3 aromatic carbocycles. The van der Waals surface area contributed by atoms with E-state index in [0.717, 1.165) is 22.6 Å². The van der Waals surface area contributed by atoms with E-state index >= 15 is 0 Å². The summed E-state index contributed by atoms with van der Waals surface area (Å²) >= 11 is 0. The zero-order valence-electron chi connectivity index (χ0n) is 19.4. The first-order valence-electron chi connectivity index (χ1n) is 11.4. The van der Waals surface area contributed by atoms with Crippen LogP contribution in [0, 0.1) is 5.82 Å². The van der Waals surface area contributed by atoms with E-state index in [0.29, 0.717) is 23.7 Å². The van der Waals surface area contributed by atoms with Gasteiger partial charge >= 0.3 is 5.97 Å². The summed E-state index contributed by atoms with van der Waals surface area (Å²) in [5.41, 5.74) is 1.56. The lowest BCUT2D eigenvalue weighted by Gasteiger charge is -2.16. The Morgan fingerprint density at radius 1 is 0.946 bits per heavy atom. The van der Waals surface area contributed by atoms with Crippen LogP contribution >= 0.6 is 0 Å². The van der Waals surface area contributed by atoms with Crippen molar-refractivity contribution in [2.24, 2.45) is 0 Å². The maximum Gasteiger partial charge on any atom is 0.338 e. The standard InChI is InChI=1S/C27H21FN2O7/c28-19-6-2-17(3-7-19)22(31)14-35-27(34)18-4-8-20(9-5-18)30-25(32)12-21(26(30)33)29-13-16-1-10-23-24(11-16)37-15-36-23/h1-11,21,29H,12-15H2. The summed E-state index contributed by atoms with van der Waals surface area (Å²) < 4.78 is 28.7. The lowest BCUT2D eigenvalue weighted by Crippen LogP contribution is -2.38. The van der Waals surface area contributed by atoms with Crippen molar-refractivity contribution >= 4 is 29.3 Å². The monoisotopic (exact) mass is 504 g/mol. The maximum absolute atomic E-state index is 13.0. The Bertz CT molecular complexity index is 1370. The van der Waals surface area contributed by atoms with Gasteiger partial charge in [-0.05, 0) is 66.2 Å². The van der Waals surface area contributed by atoms with Crippen LogP contribution in [0.1, 0.15) is 32.7 Å². The van der Waals surface area contributed by atoms with Gasteiger partial charge in [-0.25, -0.2) is 14.1 Å². The van der Waals surface area contributed by atoms with E-state index in [-0.39, 0.29) is 30.2 Å². The Kier molecular flexibility index (Phi) is 6.65. The summed E-state index contributed by atoms with van der Waals surface area (Å²) in [6.07, 6.45) is -0.00131. The molecule has 0 bridgehead atoms. The number of fused-ring (bicyclic) bond motifs is 1. The molecule has 1 fully saturated rings. The van der Waals surface area contributed by atoms with Gasteiger partial charge in [-0.1, -0.05) is 6.07 Å². The highest BCUT2D eigenvalue weighted by atomic mass is 19.1. The molecule has 0 spiro atoms. The number of ketones is 1. The third kappa shape index (κ3) is 5.19. The highest BCUT2D eigenvalue weighted by Crippen LogP contribution is 2.32. The molecule has 1 unspecified atom stereocenters. The van der Waals surface area contributed by atoms with Crippen LogP contribution in [0.15, 0.2) is 66.7 Å². The Balaban J connectivity index is 1.17. The summed E-state index contributed by atoms with van der Waals surface area (Å²) in [4.78, 5) is 51.0. The fraction of sp³-hybridized carbons (Fsp3) is 0.185. The third-order valence-electron chi connectivity index (χ3n) is 6.00. The Morgan fingerprint density at radius 3 is 2.41 bits per heavy atom. The maximum atomic E-state index is 13.0. The topological polar surface area (TPSA) is 111 Å². The minimum absolute atomic E-state index is 0.00131. The number of nitrogens with one attached hydrogen (secondary N) is 1. The lowest BCUT2D eigenvalue weighted by atomic mass is 10.1. The Hall–Kier alpha value is -4.57. The molecule has 188 valence electrons. The smallest absolute Gasteiger partial charge is 0.338 e. The number of benzene rings is 3. The molecule has 2 aliphatic rings. The van der Waals surface area contributed by atoms with Gasteiger partial charge in [0.15, 0.2) is 23.9 Å². The minimum Gasteiger partial charge on any atom is -0.454 e. The molecule has 3 aromatic rings. The molecule has 9 nitrogen and oxygen atoms in total. The van der Waals surface area contributed by atoms with Gasteiger partial charge in [-0.15, -0.1) is 0 Å². The predicted molar refractivity (Wildman–Crippen MR) is 128 cm³/mol. The van der Waals surface area contributed by atoms with Crippen LogP contribution in [0.3, 0.4) is 0 Å². The normalized spacial score (nSPS) is 16.2. The molecule has 2 amide bonds. The molecule has 10 heteroatoms. The molecule has 1 atom stereocenters. The van der Waals surface area contributed by atoms with Crippen molar-refractivity contribution < 1.29 is 37.8 Å². The number of esters is 1. The van der Waals surface area contributed by atoms with E-state index < -0.39 is 36.1 Å². The van der Waals surface area contributed by atoms with E-state index in [9.17, 15) is 23.6 Å². The van der Waals surface area contributed by atoms with Crippen molar-refractivity contribution in [3.63, 3.8) is 0 Å². The van der Waals surface area contributed by atoms with Crippen LogP contribution < -0.4 is 19.7 Å². The van der Waals surface area contributed by atoms with Crippen molar-refractivity contribution in [1.29, 1.82) is 0 Å². The fourth-order valence-corrected chi connectivity index (χ4v) is 4.03. The number of anilines is 1. The predicted octanol–water partition coefficient (Wildman–Crippen LogP) is 3.02. The molecular formula is C27H21FN2O7. The van der Waals surface area contributed by atoms with Crippen molar-refractivity contribution in [1.82, 2.24) is 5.32 Å². The van der Waals surface area contributed by atoms with Crippen molar-refractivity contribution in [3.05, 3.63) is 89.2 Å². The van der Waals surface area contributed by atoms with Gasteiger partial charge in [0.1, 0.15) is 5.82 Å². The number of imide groups is 1. The van der Waals surface area contributed by atoms with Gasteiger partial charge < -0.3 is 19.5 Å². The molecule has 0 aromatic heterocycles. The second-order valence-electron chi connectivity index (χ2n) is 8.45. The Labute approximate surface area is 210 Å². The number of amides is 2. The molecule has 5 rings (SSSR count). The van der Waals surface area contributed by atoms with E-state index in [4.69, 9.17) is 14.2 Å². The van der Waals surface area contributed by atoms with Gasteiger partial charge in [0.2, 0.25) is 12.7 Å². The average Bonchev–Trinajstić information content (AvgIpc) is 3.49. The van der Waals surface area contributed by atoms with Crippen LogP contribution in [-0.4, -0.2) is 43.0 Å². The number of Topliss-reactive ketones (excluding diaryl/α,β-unsaturated/α-hetero) is 1. The second-order valence-corrected chi connectivity index (χ2v) is 8.45. The molecule has 0 saturated carbocycles. The molecule has 2 aliphatic heterocycles. The van der Waals surface area contributed by atoms with E-state index in [1.807, 2.05) is 12.1 Å². The largest absolute Gasteiger partial charge is 0.454 e. The number of ether oxygens (including phenoxy) is 3. The van der Waals surface area contributed by atoms with Gasteiger partial charge in [-0.2, -0.15) is 0 Å². The molecule has 1 N–H and O–H groups in total. The molecule has 0 aliphatic carbocycles. The molecular weight excluding hydrogens is 483 g/mol. The van der Waals surface area contributed by atoms with Gasteiger partial charge in [0.25, 0.3) is 5.91 Å². The first kappa shape index (κ1) is 24.1. The minimum atomic E-state index is -0.746. The quantitative estimate of drug-likeness (QED) is 0.283. The number of nitrogens with zero attached hydrogens (tertiary/aromatic N) is 1. The highest BCUT2D eigenvalue weighted by molar-refractivity contribution is 6.22. The summed E-state index contributed by atoms with van der Waals surface area (Å²) in [5, 5.41) is 3.11. The summed E-state index contributed by atoms with van der Waals surface area (Å²) in [6, 6.07) is 15.4. The lowest BCUT2D eigenvalue weighted by molar-refractivity contribution is -0.121. The Morgan fingerprint density at radius 2 is 1.65 bits per heavy atom. The van der Waals surface area contributed by atoms with Gasteiger partial charge in [-0.3, -0.25) is 14.4 Å². The van der Waals surface area contributed by atoms with E-state index in [1.165, 1.54) is 36.4 Å². The molecule has 1 saturated heterocycles. The first-order valence-corrected chi connectivity index (χ1v) is 11.4. The van der Waals surface area contributed by atoms with Crippen molar-refractivity contribution in [2.45, 2.75) is 19.0 Å². The first-order chi connectivity index (χ1) is 17.9. The number of rotatable bonds is 8. The zero-order chi connectivity index (χ0) is 25.9. The summed E-state index contributed by atoms with van der Waals surface area (Å²) in [6.45, 7) is 0.0169. The second kappa shape index (κ2) is 10.2. The highest BCUT2D eigenvalue weighted by Gasteiger charge is 2.39. The van der Waals surface area contributed by atoms with Crippen LogP contribution in [0.2, 0.25) is 0 Å². The van der Waals surface area contributed by atoms with E-state index in [1.54, 1.807) is 6.07 Å². The molecule has 2 heterocycles. The van der Waals surface area contributed by atoms with Crippen LogP contribution in [0.5, 0.6) is 11.5 Å². The number of carbonyl (C=O) groups is 4. The summed E-state index contributed by atoms with van der Waals surface area (Å²) in [5.74, 6) is -1.17.